The van der Waals surface area contributed by atoms with Gasteiger partial charge in [0.25, 0.3) is 0 Å². The van der Waals surface area contributed by atoms with Crippen molar-refractivity contribution in [2.45, 2.75) is 6.92 Å². The number of carbonyl (C=O) groups is 3. The highest BCUT2D eigenvalue weighted by Crippen LogP contribution is 2.35. The number of thioether (sulfide) groups is 1. The van der Waals surface area contributed by atoms with Gasteiger partial charge in [-0.15, -0.1) is 23.1 Å². The Morgan fingerprint density at radius 1 is 1.15 bits per heavy atom. The molecular weight excluding hydrogens is 374 g/mol. The number of rotatable bonds is 8. The van der Waals surface area contributed by atoms with Crippen molar-refractivity contribution >= 4 is 46.6 Å². The highest BCUT2D eigenvalue weighted by Gasteiger charge is 2.20. The van der Waals surface area contributed by atoms with Gasteiger partial charge in [0.2, 0.25) is 5.91 Å². The molecule has 0 saturated carbocycles. The summed E-state index contributed by atoms with van der Waals surface area (Å²) in [6.07, 6.45) is 0. The standard InChI is InChI=1S/C18H19NO5S2/c1-3-24-18(22)17-13(19-15(20)10-25-11-16(21)23-2)9-14(26-17)12-7-5-4-6-8-12/h4-9H,3,10-11H2,1-2H3,(H,19,20). The smallest absolute Gasteiger partial charge is 0.350 e. The number of esters is 2. The zero-order valence-corrected chi connectivity index (χ0v) is 16.1. The van der Waals surface area contributed by atoms with Crippen molar-refractivity contribution in [3.8, 4) is 10.4 Å². The molecule has 8 heteroatoms. The number of benzene rings is 1. The van der Waals surface area contributed by atoms with Crippen molar-refractivity contribution < 1.29 is 23.9 Å². The Kier molecular flexibility index (Phi) is 7.68. The third kappa shape index (κ3) is 5.60. The van der Waals surface area contributed by atoms with Crippen LogP contribution in [0.25, 0.3) is 10.4 Å². The molecule has 1 amide bonds. The summed E-state index contributed by atoms with van der Waals surface area (Å²) in [6.45, 7) is 1.98. The molecule has 6 nitrogen and oxygen atoms in total. The van der Waals surface area contributed by atoms with Crippen LogP contribution in [0.2, 0.25) is 0 Å². The van der Waals surface area contributed by atoms with Gasteiger partial charge in [-0.1, -0.05) is 30.3 Å². The van der Waals surface area contributed by atoms with Gasteiger partial charge in [0.05, 0.1) is 30.9 Å². The predicted octanol–water partition coefficient (Wildman–Crippen LogP) is 3.44. The molecule has 0 aliphatic carbocycles. The van der Waals surface area contributed by atoms with Crippen molar-refractivity contribution in [1.82, 2.24) is 0 Å². The average molecular weight is 393 g/mol. The Bertz CT molecular complexity index is 773. The first kappa shape index (κ1) is 20.0. The Balaban J connectivity index is 2.14. The number of ether oxygens (including phenoxy) is 2. The summed E-state index contributed by atoms with van der Waals surface area (Å²) >= 11 is 2.41. The SMILES string of the molecule is CCOC(=O)c1sc(-c2ccccc2)cc1NC(=O)CSCC(=O)OC. The van der Waals surface area contributed by atoms with Crippen LogP contribution in [0, 0.1) is 0 Å². The molecule has 0 atom stereocenters. The van der Waals surface area contributed by atoms with Crippen LogP contribution in [-0.4, -0.2) is 43.1 Å². The topological polar surface area (TPSA) is 81.7 Å². The fourth-order valence-corrected chi connectivity index (χ4v) is 3.71. The minimum atomic E-state index is -0.475. The van der Waals surface area contributed by atoms with Crippen molar-refractivity contribution in [3.05, 3.63) is 41.3 Å². The highest BCUT2D eigenvalue weighted by molar-refractivity contribution is 8.00. The summed E-state index contributed by atoms with van der Waals surface area (Å²) in [6, 6.07) is 11.3. The zero-order valence-electron chi connectivity index (χ0n) is 14.4. The minimum absolute atomic E-state index is 0.0773. The largest absolute Gasteiger partial charge is 0.468 e. The normalized spacial score (nSPS) is 10.2. The summed E-state index contributed by atoms with van der Waals surface area (Å²) in [7, 11) is 1.30. The van der Waals surface area contributed by atoms with Gasteiger partial charge < -0.3 is 14.8 Å². The molecule has 0 radical (unpaired) electrons. The molecule has 0 bridgehead atoms. The van der Waals surface area contributed by atoms with E-state index < -0.39 is 11.9 Å². The third-order valence-electron chi connectivity index (χ3n) is 3.21. The molecule has 0 unspecified atom stereocenters. The maximum atomic E-state index is 12.2. The third-order valence-corrected chi connectivity index (χ3v) is 5.28. The summed E-state index contributed by atoms with van der Waals surface area (Å²) in [5, 5.41) is 2.73. The van der Waals surface area contributed by atoms with Crippen LogP contribution in [0.4, 0.5) is 5.69 Å². The average Bonchev–Trinajstić information content (AvgIpc) is 3.06. The molecule has 138 valence electrons. The van der Waals surface area contributed by atoms with E-state index in [2.05, 4.69) is 10.1 Å². The van der Waals surface area contributed by atoms with E-state index in [1.54, 1.807) is 13.0 Å². The molecule has 0 fully saturated rings. The van der Waals surface area contributed by atoms with Gasteiger partial charge in [-0.05, 0) is 18.6 Å². The Labute approximate surface area is 159 Å². The number of hydrogen-bond donors (Lipinski definition) is 1. The van der Waals surface area contributed by atoms with Crippen LogP contribution < -0.4 is 5.32 Å². The molecule has 0 spiro atoms. The van der Waals surface area contributed by atoms with Gasteiger partial charge in [-0.3, -0.25) is 9.59 Å². The van der Waals surface area contributed by atoms with E-state index in [4.69, 9.17) is 4.74 Å². The molecular formula is C18H19NO5S2. The molecule has 2 rings (SSSR count). The first-order valence-corrected chi connectivity index (χ1v) is 9.83. The monoisotopic (exact) mass is 393 g/mol. The lowest BCUT2D eigenvalue weighted by molar-refractivity contribution is -0.137. The van der Waals surface area contributed by atoms with E-state index >= 15 is 0 Å². The second-order valence-corrected chi connectivity index (χ2v) is 7.09. The summed E-state index contributed by atoms with van der Waals surface area (Å²) in [5.74, 6) is -1.00. The molecule has 0 saturated heterocycles. The number of carbonyl (C=O) groups excluding carboxylic acids is 3. The molecule has 26 heavy (non-hydrogen) atoms. The molecule has 1 aromatic carbocycles. The highest BCUT2D eigenvalue weighted by atomic mass is 32.2. The van der Waals surface area contributed by atoms with E-state index in [9.17, 15) is 14.4 Å². The number of hydrogen-bond acceptors (Lipinski definition) is 7. The lowest BCUT2D eigenvalue weighted by Crippen LogP contribution is -2.17. The van der Waals surface area contributed by atoms with Gasteiger partial charge in [0.1, 0.15) is 4.88 Å². The van der Waals surface area contributed by atoms with E-state index in [1.165, 1.54) is 18.4 Å². The molecule has 2 aromatic rings. The van der Waals surface area contributed by atoms with Crippen molar-refractivity contribution in [2.24, 2.45) is 0 Å². The van der Waals surface area contributed by atoms with Crippen molar-refractivity contribution in [3.63, 3.8) is 0 Å². The number of methoxy groups -OCH3 is 1. The minimum Gasteiger partial charge on any atom is -0.468 e. The van der Waals surface area contributed by atoms with E-state index in [1.807, 2.05) is 30.3 Å². The van der Waals surface area contributed by atoms with Gasteiger partial charge in [0.15, 0.2) is 0 Å². The second-order valence-electron chi connectivity index (χ2n) is 5.06. The molecule has 1 aromatic heterocycles. The van der Waals surface area contributed by atoms with E-state index in [0.717, 1.165) is 22.2 Å². The van der Waals surface area contributed by atoms with Crippen LogP contribution in [0.1, 0.15) is 16.6 Å². The van der Waals surface area contributed by atoms with Gasteiger partial charge in [-0.25, -0.2) is 4.79 Å². The summed E-state index contributed by atoms with van der Waals surface area (Å²) in [5.41, 5.74) is 1.36. The Morgan fingerprint density at radius 3 is 2.54 bits per heavy atom. The van der Waals surface area contributed by atoms with Crippen molar-refractivity contribution in [1.29, 1.82) is 0 Å². The lowest BCUT2D eigenvalue weighted by atomic mass is 10.2. The number of nitrogens with one attached hydrogen (secondary N) is 1. The van der Waals surface area contributed by atoms with E-state index in [-0.39, 0.29) is 24.0 Å². The second kappa shape index (κ2) is 9.98. The summed E-state index contributed by atoms with van der Waals surface area (Å²) in [4.78, 5) is 36.6. The lowest BCUT2D eigenvalue weighted by Gasteiger charge is -2.06. The van der Waals surface area contributed by atoms with Gasteiger partial charge in [-0.2, -0.15) is 0 Å². The Hall–Kier alpha value is -2.32. The maximum absolute atomic E-state index is 12.2. The fraction of sp³-hybridized carbons (Fsp3) is 0.278. The van der Waals surface area contributed by atoms with Gasteiger partial charge in [0, 0.05) is 4.88 Å². The zero-order chi connectivity index (χ0) is 18.9. The van der Waals surface area contributed by atoms with Crippen LogP contribution in [0.5, 0.6) is 0 Å². The number of anilines is 1. The fourth-order valence-electron chi connectivity index (χ4n) is 2.05. The van der Waals surface area contributed by atoms with Gasteiger partial charge >= 0.3 is 11.9 Å². The molecule has 0 aliphatic heterocycles. The molecule has 0 aliphatic rings. The van der Waals surface area contributed by atoms with Crippen LogP contribution in [-0.2, 0) is 19.1 Å². The maximum Gasteiger partial charge on any atom is 0.350 e. The molecule has 1 heterocycles. The van der Waals surface area contributed by atoms with Crippen LogP contribution in [0.3, 0.4) is 0 Å². The number of amides is 1. The first-order valence-electron chi connectivity index (χ1n) is 7.86. The molecule has 1 N–H and O–H groups in total. The first-order chi connectivity index (χ1) is 12.5. The van der Waals surface area contributed by atoms with E-state index in [0.29, 0.717) is 10.6 Å². The summed E-state index contributed by atoms with van der Waals surface area (Å²) < 4.78 is 9.61. The van der Waals surface area contributed by atoms with Crippen molar-refractivity contribution in [2.75, 3.05) is 30.5 Å². The van der Waals surface area contributed by atoms with Crippen LogP contribution >= 0.6 is 23.1 Å². The Morgan fingerprint density at radius 2 is 1.88 bits per heavy atom. The predicted molar refractivity (Wildman–Crippen MR) is 104 cm³/mol. The quantitative estimate of drug-likeness (QED) is 0.692. The number of thiophene rings is 1. The van der Waals surface area contributed by atoms with Crippen LogP contribution in [0.15, 0.2) is 36.4 Å².